The number of nitrogens with zero attached hydrogens (tertiary/aromatic N) is 1. The van der Waals surface area contributed by atoms with Gasteiger partial charge in [0.25, 0.3) is 11.8 Å². The number of ether oxygens (including phenoxy) is 1. The van der Waals surface area contributed by atoms with Crippen molar-refractivity contribution in [1.82, 2.24) is 5.32 Å². The molecule has 3 rings (SSSR count). The van der Waals surface area contributed by atoms with Crippen molar-refractivity contribution in [2.75, 3.05) is 22.4 Å². The molecule has 0 radical (unpaired) electrons. The molecule has 0 aromatic heterocycles. The van der Waals surface area contributed by atoms with Gasteiger partial charge in [-0.15, -0.1) is 0 Å². The zero-order chi connectivity index (χ0) is 23.5. The quantitative estimate of drug-likeness (QED) is 0.660. The van der Waals surface area contributed by atoms with Gasteiger partial charge in [-0.1, -0.05) is 30.7 Å². The Labute approximate surface area is 192 Å². The van der Waals surface area contributed by atoms with Gasteiger partial charge in [0.2, 0.25) is 10.0 Å². The number of para-hydroxylation sites is 1. The van der Waals surface area contributed by atoms with Crippen LogP contribution < -0.4 is 19.7 Å². The van der Waals surface area contributed by atoms with E-state index in [9.17, 15) is 18.0 Å². The highest BCUT2D eigenvalue weighted by molar-refractivity contribution is 7.92. The van der Waals surface area contributed by atoms with Gasteiger partial charge in [-0.05, 0) is 43.7 Å². The molecule has 1 heterocycles. The standard InChI is InChI=1S/C22H26ClN3O5S/c1-4-14(2)24-21(27)16-7-5-6-8-17(16)25-22(28)20-11-12-26(32(3,29)30)18-13-15(23)9-10-19(18)31-20/h5-10,13-14,20H,4,11-12H2,1-3H3,(H,24,27)(H,25,28). The van der Waals surface area contributed by atoms with Gasteiger partial charge in [0.15, 0.2) is 6.10 Å². The van der Waals surface area contributed by atoms with Gasteiger partial charge in [0.05, 0.1) is 23.2 Å². The Kier molecular flexibility index (Phi) is 7.30. The summed E-state index contributed by atoms with van der Waals surface area (Å²) in [5.74, 6) is -0.536. The molecule has 2 aromatic rings. The van der Waals surface area contributed by atoms with Gasteiger partial charge in [-0.3, -0.25) is 13.9 Å². The largest absolute Gasteiger partial charge is 0.478 e. The molecule has 2 N–H and O–H groups in total. The molecule has 0 spiro atoms. The fraction of sp³-hybridized carbons (Fsp3) is 0.364. The first-order chi connectivity index (χ1) is 15.1. The Bertz CT molecular complexity index is 1120. The molecular weight excluding hydrogens is 454 g/mol. The molecule has 0 saturated carbocycles. The van der Waals surface area contributed by atoms with E-state index in [-0.39, 0.29) is 36.4 Å². The Morgan fingerprint density at radius 1 is 1.25 bits per heavy atom. The Morgan fingerprint density at radius 2 is 1.97 bits per heavy atom. The maximum atomic E-state index is 13.0. The van der Waals surface area contributed by atoms with Crippen LogP contribution in [0.15, 0.2) is 42.5 Å². The molecule has 0 fully saturated rings. The lowest BCUT2D eigenvalue weighted by Gasteiger charge is -2.21. The lowest BCUT2D eigenvalue weighted by Crippen LogP contribution is -2.37. The van der Waals surface area contributed by atoms with Crippen LogP contribution in [0.5, 0.6) is 5.75 Å². The molecule has 0 bridgehead atoms. The molecule has 2 aromatic carbocycles. The minimum absolute atomic E-state index is 0.0123. The van der Waals surface area contributed by atoms with E-state index in [0.717, 1.165) is 12.7 Å². The first kappa shape index (κ1) is 23.9. The van der Waals surface area contributed by atoms with Gasteiger partial charge in [-0.25, -0.2) is 8.42 Å². The minimum Gasteiger partial charge on any atom is -0.478 e. The lowest BCUT2D eigenvalue weighted by molar-refractivity contribution is -0.122. The van der Waals surface area contributed by atoms with Gasteiger partial charge in [0.1, 0.15) is 5.75 Å². The molecule has 1 aliphatic rings. The molecule has 2 amide bonds. The Balaban J connectivity index is 1.84. The predicted octanol–water partition coefficient (Wildman–Crippen LogP) is 3.42. The smallest absolute Gasteiger partial charge is 0.265 e. The van der Waals surface area contributed by atoms with Gasteiger partial charge < -0.3 is 15.4 Å². The monoisotopic (exact) mass is 479 g/mol. The van der Waals surface area contributed by atoms with E-state index in [1.807, 2.05) is 13.8 Å². The molecular formula is C22H26ClN3O5S. The highest BCUT2D eigenvalue weighted by atomic mass is 35.5. The van der Waals surface area contributed by atoms with Crippen LogP contribution in [0, 0.1) is 0 Å². The summed E-state index contributed by atoms with van der Waals surface area (Å²) in [4.78, 5) is 25.7. The first-order valence-corrected chi connectivity index (χ1v) is 12.5. The fourth-order valence-corrected chi connectivity index (χ4v) is 4.39. The van der Waals surface area contributed by atoms with E-state index >= 15 is 0 Å². The Hall–Kier alpha value is -2.78. The summed E-state index contributed by atoms with van der Waals surface area (Å²) < 4.78 is 31.6. The molecule has 2 atom stereocenters. The first-order valence-electron chi connectivity index (χ1n) is 10.2. The number of hydrogen-bond donors (Lipinski definition) is 2. The van der Waals surface area contributed by atoms with Crippen molar-refractivity contribution in [1.29, 1.82) is 0 Å². The number of sulfonamides is 1. The molecule has 2 unspecified atom stereocenters. The summed E-state index contributed by atoms with van der Waals surface area (Å²) in [5.41, 5.74) is 0.964. The second kappa shape index (κ2) is 9.79. The molecule has 0 aliphatic carbocycles. The number of carbonyl (C=O) groups is 2. The van der Waals surface area contributed by atoms with Crippen LogP contribution in [0.25, 0.3) is 0 Å². The molecule has 10 heteroatoms. The summed E-state index contributed by atoms with van der Waals surface area (Å²) in [6.45, 7) is 3.91. The van der Waals surface area contributed by atoms with Gasteiger partial charge in [-0.2, -0.15) is 0 Å². The van der Waals surface area contributed by atoms with Crippen molar-refractivity contribution in [2.45, 2.75) is 38.8 Å². The number of fused-ring (bicyclic) bond motifs is 1. The van der Waals surface area contributed by atoms with Crippen LogP contribution in [0.1, 0.15) is 37.0 Å². The third kappa shape index (κ3) is 5.52. The molecule has 32 heavy (non-hydrogen) atoms. The van der Waals surface area contributed by atoms with Crippen molar-refractivity contribution in [2.24, 2.45) is 0 Å². The summed E-state index contributed by atoms with van der Waals surface area (Å²) >= 11 is 6.05. The summed E-state index contributed by atoms with van der Waals surface area (Å²) in [7, 11) is -3.61. The number of rotatable bonds is 6. The maximum absolute atomic E-state index is 13.0. The topological polar surface area (TPSA) is 105 Å². The third-order valence-corrected chi connectivity index (χ3v) is 6.58. The van der Waals surface area contributed by atoms with E-state index in [4.69, 9.17) is 16.3 Å². The van der Waals surface area contributed by atoms with Crippen molar-refractivity contribution in [3.8, 4) is 5.75 Å². The Morgan fingerprint density at radius 3 is 2.66 bits per heavy atom. The van der Waals surface area contributed by atoms with Crippen LogP contribution in [-0.4, -0.2) is 45.2 Å². The van der Waals surface area contributed by atoms with E-state index in [1.165, 1.54) is 16.4 Å². The summed E-state index contributed by atoms with van der Waals surface area (Å²) in [6, 6.07) is 11.3. The maximum Gasteiger partial charge on any atom is 0.265 e. The van der Waals surface area contributed by atoms with Crippen molar-refractivity contribution in [3.05, 3.63) is 53.1 Å². The minimum atomic E-state index is -3.61. The second-order valence-corrected chi connectivity index (χ2v) is 10.0. The lowest BCUT2D eigenvalue weighted by atomic mass is 10.1. The zero-order valence-corrected chi connectivity index (χ0v) is 19.7. The van der Waals surface area contributed by atoms with Crippen molar-refractivity contribution < 1.29 is 22.7 Å². The number of nitrogens with one attached hydrogen (secondary N) is 2. The number of benzene rings is 2. The van der Waals surface area contributed by atoms with Gasteiger partial charge >= 0.3 is 0 Å². The van der Waals surface area contributed by atoms with Crippen LogP contribution in [0.4, 0.5) is 11.4 Å². The van der Waals surface area contributed by atoms with Crippen LogP contribution in [0.2, 0.25) is 5.02 Å². The molecule has 0 saturated heterocycles. The van der Waals surface area contributed by atoms with E-state index in [1.54, 1.807) is 30.3 Å². The number of halogens is 1. The number of amides is 2. The van der Waals surface area contributed by atoms with E-state index in [2.05, 4.69) is 10.6 Å². The average molecular weight is 480 g/mol. The van der Waals surface area contributed by atoms with E-state index < -0.39 is 22.0 Å². The van der Waals surface area contributed by atoms with Crippen molar-refractivity contribution >= 4 is 44.8 Å². The fourth-order valence-electron chi connectivity index (χ4n) is 3.29. The SMILES string of the molecule is CCC(C)NC(=O)c1ccccc1NC(=O)C1CCN(S(C)(=O)=O)c2cc(Cl)ccc2O1. The van der Waals surface area contributed by atoms with E-state index in [0.29, 0.717) is 16.3 Å². The zero-order valence-electron chi connectivity index (χ0n) is 18.1. The number of hydrogen-bond acceptors (Lipinski definition) is 5. The molecule has 8 nitrogen and oxygen atoms in total. The van der Waals surface area contributed by atoms with Crippen LogP contribution in [0.3, 0.4) is 0 Å². The summed E-state index contributed by atoms with van der Waals surface area (Å²) in [5, 5.41) is 5.99. The molecule has 1 aliphatic heterocycles. The third-order valence-electron chi connectivity index (χ3n) is 5.17. The highest BCUT2D eigenvalue weighted by Crippen LogP contribution is 2.36. The van der Waals surface area contributed by atoms with Crippen LogP contribution >= 0.6 is 11.6 Å². The molecule has 172 valence electrons. The van der Waals surface area contributed by atoms with Gasteiger partial charge in [0, 0.05) is 24.0 Å². The predicted molar refractivity (Wildman–Crippen MR) is 125 cm³/mol. The van der Waals surface area contributed by atoms with Crippen molar-refractivity contribution in [3.63, 3.8) is 0 Å². The average Bonchev–Trinajstić information content (AvgIpc) is 2.93. The van der Waals surface area contributed by atoms with Crippen LogP contribution in [-0.2, 0) is 14.8 Å². The highest BCUT2D eigenvalue weighted by Gasteiger charge is 2.32. The normalized spacial score (nSPS) is 16.9. The summed E-state index contributed by atoms with van der Waals surface area (Å²) in [6.07, 6.45) is 1.01. The number of anilines is 2. The second-order valence-electron chi connectivity index (χ2n) is 7.66. The number of carbonyl (C=O) groups excluding carboxylic acids is 2.